The summed E-state index contributed by atoms with van der Waals surface area (Å²) in [4.78, 5) is 44.3. The molecule has 1 N–H and O–H groups in total. The highest BCUT2D eigenvalue weighted by Crippen LogP contribution is 2.38. The molecule has 3 aliphatic rings. The van der Waals surface area contributed by atoms with E-state index in [1.807, 2.05) is 0 Å². The standard InChI is InChI=1S/C29H38N4O7S2/c1-3-31-12-11-23-24(19-31)41-27(25(23)28(35)32-15-17-39-18-16-32)30-26(34)20-5-7-22(8-6-20)42(37,38)33-13-9-21(10-14-33)29(36)40-4-2/h5-8,21H,3-4,9-19H2,1-2H3,(H,30,34). The molecule has 11 nitrogen and oxygen atoms in total. The number of carbonyl (C=O) groups excluding carboxylic acids is 3. The van der Waals surface area contributed by atoms with Crippen LogP contribution in [0, 0.1) is 5.92 Å². The lowest BCUT2D eigenvalue weighted by Gasteiger charge is -2.30. The molecule has 228 valence electrons. The van der Waals surface area contributed by atoms with Gasteiger partial charge >= 0.3 is 5.97 Å². The SMILES string of the molecule is CCOC(=O)C1CCN(S(=O)(=O)c2ccc(C(=O)Nc3sc4c(c3C(=O)N3CCOCC3)CCN(CC)C4)cc2)CC1. The maximum Gasteiger partial charge on any atom is 0.309 e. The highest BCUT2D eigenvalue weighted by molar-refractivity contribution is 7.89. The van der Waals surface area contributed by atoms with Crippen molar-refractivity contribution < 1.29 is 32.3 Å². The Kier molecular flexibility index (Phi) is 9.63. The average molecular weight is 619 g/mol. The lowest BCUT2D eigenvalue weighted by molar-refractivity contribution is -0.149. The third kappa shape index (κ3) is 6.40. The minimum Gasteiger partial charge on any atom is -0.466 e. The number of thiophene rings is 1. The van der Waals surface area contributed by atoms with E-state index in [0.717, 1.165) is 36.5 Å². The molecule has 42 heavy (non-hydrogen) atoms. The summed E-state index contributed by atoms with van der Waals surface area (Å²) in [6, 6.07) is 5.84. The van der Waals surface area contributed by atoms with Gasteiger partial charge in [0.1, 0.15) is 5.00 Å². The number of benzene rings is 1. The van der Waals surface area contributed by atoms with Crippen molar-refractivity contribution in [3.63, 3.8) is 0 Å². The largest absolute Gasteiger partial charge is 0.466 e. The van der Waals surface area contributed by atoms with Crippen molar-refractivity contribution in [2.24, 2.45) is 5.92 Å². The van der Waals surface area contributed by atoms with Gasteiger partial charge < -0.3 is 19.7 Å². The summed E-state index contributed by atoms with van der Waals surface area (Å²) in [5.41, 5.74) is 1.86. The van der Waals surface area contributed by atoms with E-state index >= 15 is 0 Å². The van der Waals surface area contributed by atoms with Crippen LogP contribution >= 0.6 is 11.3 Å². The van der Waals surface area contributed by atoms with Gasteiger partial charge in [0.15, 0.2) is 0 Å². The average Bonchev–Trinajstić information content (AvgIpc) is 3.38. The van der Waals surface area contributed by atoms with Crippen LogP contribution in [0.2, 0.25) is 0 Å². The van der Waals surface area contributed by atoms with Gasteiger partial charge in [-0.05, 0) is 62.6 Å². The van der Waals surface area contributed by atoms with Crippen LogP contribution in [0.3, 0.4) is 0 Å². The molecule has 0 radical (unpaired) electrons. The van der Waals surface area contributed by atoms with Gasteiger partial charge in [0.25, 0.3) is 11.8 Å². The molecule has 0 aliphatic carbocycles. The van der Waals surface area contributed by atoms with E-state index in [-0.39, 0.29) is 35.8 Å². The molecule has 5 rings (SSSR count). The molecule has 0 spiro atoms. The zero-order valence-electron chi connectivity index (χ0n) is 24.1. The molecule has 0 unspecified atom stereocenters. The number of hydrogen-bond donors (Lipinski definition) is 1. The topological polar surface area (TPSA) is 126 Å². The molecule has 2 aromatic rings. The van der Waals surface area contributed by atoms with Crippen LogP contribution in [0.15, 0.2) is 29.2 Å². The highest BCUT2D eigenvalue weighted by atomic mass is 32.2. The second kappa shape index (κ2) is 13.2. The van der Waals surface area contributed by atoms with Crippen molar-refractivity contribution >= 4 is 44.1 Å². The number of esters is 1. The van der Waals surface area contributed by atoms with E-state index in [4.69, 9.17) is 9.47 Å². The Hall–Kier alpha value is -2.84. The molecular formula is C29H38N4O7S2. The Morgan fingerprint density at radius 3 is 2.36 bits per heavy atom. The number of rotatable bonds is 8. The molecule has 3 aliphatic heterocycles. The summed E-state index contributed by atoms with van der Waals surface area (Å²) in [5.74, 6) is -1.08. The number of hydrogen-bond acceptors (Lipinski definition) is 9. The van der Waals surface area contributed by atoms with Crippen LogP contribution in [-0.4, -0.2) is 99.4 Å². The zero-order chi connectivity index (χ0) is 29.9. The van der Waals surface area contributed by atoms with Crippen LogP contribution in [0.25, 0.3) is 0 Å². The van der Waals surface area contributed by atoms with Crippen molar-refractivity contribution in [3.8, 4) is 0 Å². The minimum absolute atomic E-state index is 0.0862. The zero-order valence-corrected chi connectivity index (χ0v) is 25.7. The number of morpholine rings is 1. The van der Waals surface area contributed by atoms with Crippen LogP contribution in [-0.2, 0) is 37.3 Å². The predicted octanol–water partition coefficient (Wildman–Crippen LogP) is 2.81. The summed E-state index contributed by atoms with van der Waals surface area (Å²) in [6.45, 7) is 9.10. The molecule has 2 saturated heterocycles. The molecule has 0 saturated carbocycles. The molecule has 2 fully saturated rings. The fraction of sp³-hybridized carbons (Fsp3) is 0.552. The second-order valence-electron chi connectivity index (χ2n) is 10.6. The van der Waals surface area contributed by atoms with Crippen molar-refractivity contribution in [3.05, 3.63) is 45.8 Å². The Bertz CT molecular complexity index is 1410. The van der Waals surface area contributed by atoms with E-state index in [1.165, 1.54) is 39.9 Å². The molecule has 1 aromatic heterocycles. The number of fused-ring (bicyclic) bond motifs is 1. The first-order valence-electron chi connectivity index (χ1n) is 14.5. The molecular weight excluding hydrogens is 580 g/mol. The number of nitrogens with zero attached hydrogens (tertiary/aromatic N) is 3. The number of sulfonamides is 1. The van der Waals surface area contributed by atoms with Crippen molar-refractivity contribution in [1.82, 2.24) is 14.1 Å². The number of likely N-dealkylation sites (N-methyl/N-ethyl adjacent to an activating group) is 1. The van der Waals surface area contributed by atoms with Crippen LogP contribution < -0.4 is 5.32 Å². The fourth-order valence-corrected chi connectivity index (χ4v) is 8.41. The Balaban J connectivity index is 1.31. The van der Waals surface area contributed by atoms with E-state index < -0.39 is 15.9 Å². The van der Waals surface area contributed by atoms with Gasteiger partial charge in [-0.15, -0.1) is 11.3 Å². The van der Waals surface area contributed by atoms with Gasteiger partial charge in [-0.2, -0.15) is 4.31 Å². The lowest BCUT2D eigenvalue weighted by atomic mass is 9.98. The number of nitrogens with one attached hydrogen (secondary N) is 1. The maximum atomic E-state index is 13.6. The number of carbonyl (C=O) groups is 3. The molecule has 13 heteroatoms. The number of piperidine rings is 1. The highest BCUT2D eigenvalue weighted by Gasteiger charge is 2.34. The van der Waals surface area contributed by atoms with Crippen molar-refractivity contribution in [2.75, 3.05) is 64.4 Å². The van der Waals surface area contributed by atoms with Gasteiger partial charge in [0.05, 0.1) is 36.2 Å². The molecule has 0 atom stereocenters. The summed E-state index contributed by atoms with van der Waals surface area (Å²) in [6.07, 6.45) is 1.56. The van der Waals surface area contributed by atoms with Gasteiger partial charge in [-0.25, -0.2) is 8.42 Å². The smallest absolute Gasteiger partial charge is 0.309 e. The molecule has 0 bridgehead atoms. The third-order valence-electron chi connectivity index (χ3n) is 8.15. The van der Waals surface area contributed by atoms with Gasteiger partial charge in [-0.1, -0.05) is 6.92 Å². The van der Waals surface area contributed by atoms with Crippen LogP contribution in [0.4, 0.5) is 5.00 Å². The first-order chi connectivity index (χ1) is 20.2. The second-order valence-corrected chi connectivity index (χ2v) is 13.7. The fourth-order valence-electron chi connectivity index (χ4n) is 5.66. The van der Waals surface area contributed by atoms with Crippen LogP contribution in [0.5, 0.6) is 0 Å². The minimum atomic E-state index is -3.78. The Morgan fingerprint density at radius 1 is 1.02 bits per heavy atom. The Labute approximate surface area is 250 Å². The van der Waals surface area contributed by atoms with E-state index in [9.17, 15) is 22.8 Å². The molecule has 2 amide bonds. The monoisotopic (exact) mass is 618 g/mol. The Morgan fingerprint density at radius 2 is 1.71 bits per heavy atom. The van der Waals surface area contributed by atoms with E-state index in [0.29, 0.717) is 61.9 Å². The normalized spacial score (nSPS) is 18.9. The van der Waals surface area contributed by atoms with E-state index in [2.05, 4.69) is 17.1 Å². The first kappa shape index (κ1) is 30.6. The van der Waals surface area contributed by atoms with Crippen LogP contribution in [0.1, 0.15) is 57.8 Å². The summed E-state index contributed by atoms with van der Waals surface area (Å²) in [7, 11) is -3.78. The summed E-state index contributed by atoms with van der Waals surface area (Å²) in [5, 5.41) is 3.49. The lowest BCUT2D eigenvalue weighted by Crippen LogP contribution is -2.41. The number of amides is 2. The quantitative estimate of drug-likeness (QED) is 0.448. The molecule has 1 aromatic carbocycles. The predicted molar refractivity (Wildman–Crippen MR) is 158 cm³/mol. The van der Waals surface area contributed by atoms with Crippen molar-refractivity contribution in [2.45, 2.75) is 44.6 Å². The third-order valence-corrected chi connectivity index (χ3v) is 11.2. The van der Waals surface area contributed by atoms with Gasteiger partial charge in [-0.3, -0.25) is 19.3 Å². The van der Waals surface area contributed by atoms with E-state index in [1.54, 1.807) is 11.8 Å². The summed E-state index contributed by atoms with van der Waals surface area (Å²) >= 11 is 1.44. The summed E-state index contributed by atoms with van der Waals surface area (Å²) < 4.78 is 38.4. The molecule has 4 heterocycles. The number of ether oxygens (including phenoxy) is 2. The number of anilines is 1. The van der Waals surface area contributed by atoms with Gasteiger partial charge in [0.2, 0.25) is 10.0 Å². The van der Waals surface area contributed by atoms with Gasteiger partial charge in [0, 0.05) is 49.7 Å². The van der Waals surface area contributed by atoms with Crippen molar-refractivity contribution in [1.29, 1.82) is 0 Å². The first-order valence-corrected chi connectivity index (χ1v) is 16.8. The maximum absolute atomic E-state index is 13.6.